The summed E-state index contributed by atoms with van der Waals surface area (Å²) in [5.74, 6) is -5.78. The van der Waals surface area contributed by atoms with Gasteiger partial charge in [-0.15, -0.1) is 0 Å². The van der Waals surface area contributed by atoms with Crippen LogP contribution in [0.3, 0.4) is 0 Å². The molecular formula is C39H70N10O8S. The zero-order chi connectivity index (χ0) is 44.1. The number of imidazole rings is 1. The van der Waals surface area contributed by atoms with Crippen molar-refractivity contribution in [3.63, 3.8) is 0 Å². The van der Waals surface area contributed by atoms with Gasteiger partial charge < -0.3 is 53.5 Å². The second-order valence-electron chi connectivity index (χ2n) is 16.3. The molecular weight excluding hydrogens is 769 g/mol. The van der Waals surface area contributed by atoms with Crippen LogP contribution in [0, 0.1) is 23.7 Å². The molecule has 12 N–H and O–H groups in total. The number of nitrogens with one attached hydrogen (secondary N) is 7. The predicted octanol–water partition coefficient (Wildman–Crippen LogP) is 0.516. The zero-order valence-corrected chi connectivity index (χ0v) is 36.3. The van der Waals surface area contributed by atoms with Crippen molar-refractivity contribution in [3.8, 4) is 0 Å². The van der Waals surface area contributed by atoms with Crippen molar-refractivity contribution in [1.29, 1.82) is 0 Å². The molecule has 0 saturated carbocycles. The van der Waals surface area contributed by atoms with Gasteiger partial charge in [0.15, 0.2) is 0 Å². The minimum Gasteiger partial charge on any atom is -0.480 e. The summed E-state index contributed by atoms with van der Waals surface area (Å²) in [6, 6.07) is -7.69. The van der Waals surface area contributed by atoms with E-state index in [0.29, 0.717) is 37.9 Å². The number of rotatable bonds is 28. The fraction of sp³-hybridized carbons (Fsp3) is 0.744. The van der Waals surface area contributed by atoms with Gasteiger partial charge in [-0.05, 0) is 62.3 Å². The van der Waals surface area contributed by atoms with Crippen LogP contribution in [0.2, 0.25) is 0 Å². The number of nitrogens with two attached hydrogens (primary N) is 2. The number of carboxylic acid groups (broad SMARTS) is 1. The molecule has 0 aliphatic heterocycles. The second-order valence-corrected chi connectivity index (χ2v) is 16.6. The van der Waals surface area contributed by atoms with Gasteiger partial charge in [-0.3, -0.25) is 28.8 Å². The van der Waals surface area contributed by atoms with E-state index in [0.717, 1.165) is 0 Å². The topological polar surface area (TPSA) is 293 Å². The van der Waals surface area contributed by atoms with Crippen molar-refractivity contribution < 1.29 is 38.7 Å². The van der Waals surface area contributed by atoms with E-state index < -0.39 is 89.6 Å². The van der Waals surface area contributed by atoms with Crippen molar-refractivity contribution in [1.82, 2.24) is 41.9 Å². The van der Waals surface area contributed by atoms with Gasteiger partial charge in [-0.1, -0.05) is 68.2 Å². The first-order valence-corrected chi connectivity index (χ1v) is 21.0. The number of carbonyl (C=O) groups excluding carboxylic acids is 6. The fourth-order valence-electron chi connectivity index (χ4n) is 6.07. The molecule has 8 atom stereocenters. The van der Waals surface area contributed by atoms with Crippen molar-refractivity contribution >= 4 is 54.0 Å². The number of aromatic nitrogens is 2. The van der Waals surface area contributed by atoms with Crippen LogP contribution in [0.5, 0.6) is 0 Å². The highest BCUT2D eigenvalue weighted by atomic mass is 32.1. The van der Waals surface area contributed by atoms with Gasteiger partial charge in [0.05, 0.1) is 12.4 Å². The van der Waals surface area contributed by atoms with Crippen LogP contribution in [-0.2, 0) is 40.0 Å². The van der Waals surface area contributed by atoms with Gasteiger partial charge in [-0.2, -0.15) is 12.6 Å². The van der Waals surface area contributed by atoms with Crippen molar-refractivity contribution in [3.05, 3.63) is 18.2 Å². The highest BCUT2D eigenvalue weighted by molar-refractivity contribution is 7.80. The van der Waals surface area contributed by atoms with E-state index in [4.69, 9.17) is 11.5 Å². The molecule has 0 saturated heterocycles. The Labute approximate surface area is 348 Å². The molecule has 0 radical (unpaired) electrons. The number of thiol groups is 1. The normalized spacial score (nSPS) is 15.6. The van der Waals surface area contributed by atoms with E-state index >= 15 is 0 Å². The van der Waals surface area contributed by atoms with Crippen LogP contribution >= 0.6 is 12.6 Å². The number of hydrogen-bond acceptors (Lipinski definition) is 11. The predicted molar refractivity (Wildman–Crippen MR) is 224 cm³/mol. The fourth-order valence-corrected chi connectivity index (χ4v) is 6.33. The Kier molecular flexibility index (Phi) is 23.8. The Morgan fingerprint density at radius 3 is 1.55 bits per heavy atom. The van der Waals surface area contributed by atoms with Crippen LogP contribution in [0.15, 0.2) is 12.5 Å². The first-order chi connectivity index (χ1) is 27.2. The van der Waals surface area contributed by atoms with Gasteiger partial charge in [0, 0.05) is 24.1 Å². The van der Waals surface area contributed by atoms with Crippen molar-refractivity contribution in [2.45, 2.75) is 149 Å². The summed E-state index contributed by atoms with van der Waals surface area (Å²) in [5, 5.41) is 25.9. The minimum absolute atomic E-state index is 0.00602. The van der Waals surface area contributed by atoms with Gasteiger partial charge in [0.1, 0.15) is 36.3 Å². The molecule has 1 heterocycles. The van der Waals surface area contributed by atoms with Crippen LogP contribution in [0.4, 0.5) is 0 Å². The highest BCUT2D eigenvalue weighted by Gasteiger charge is 2.35. The summed E-state index contributed by atoms with van der Waals surface area (Å²) in [5.41, 5.74) is 12.1. The van der Waals surface area contributed by atoms with Gasteiger partial charge in [0.2, 0.25) is 35.4 Å². The number of nitrogens with zero attached hydrogens (tertiary/aromatic N) is 1. The van der Waals surface area contributed by atoms with Crippen molar-refractivity contribution in [2.24, 2.45) is 35.1 Å². The number of amides is 6. The molecule has 6 amide bonds. The Balaban J connectivity index is 3.20. The van der Waals surface area contributed by atoms with Gasteiger partial charge in [-0.25, -0.2) is 9.78 Å². The minimum atomic E-state index is -1.30. The lowest BCUT2D eigenvalue weighted by Crippen LogP contribution is -2.61. The van der Waals surface area contributed by atoms with E-state index in [-0.39, 0.29) is 49.2 Å². The zero-order valence-electron chi connectivity index (χ0n) is 35.4. The van der Waals surface area contributed by atoms with Gasteiger partial charge >= 0.3 is 5.97 Å². The van der Waals surface area contributed by atoms with Crippen LogP contribution < -0.4 is 43.4 Å². The molecule has 0 spiro atoms. The lowest BCUT2D eigenvalue weighted by molar-refractivity contribution is -0.142. The summed E-state index contributed by atoms with van der Waals surface area (Å²) in [7, 11) is 0. The molecule has 19 heteroatoms. The molecule has 8 unspecified atom stereocenters. The summed E-state index contributed by atoms with van der Waals surface area (Å²) in [6.07, 6.45) is 5.65. The van der Waals surface area contributed by atoms with Crippen molar-refractivity contribution in [2.75, 3.05) is 12.3 Å². The molecule has 0 aliphatic carbocycles. The lowest BCUT2D eigenvalue weighted by atomic mass is 9.96. The maximum atomic E-state index is 14.0. The van der Waals surface area contributed by atoms with E-state index in [1.54, 1.807) is 6.92 Å². The number of H-pyrrole nitrogens is 1. The Bertz CT molecular complexity index is 1460. The second kappa shape index (κ2) is 26.7. The Morgan fingerprint density at radius 1 is 0.690 bits per heavy atom. The SMILES string of the molecule is CCC(C)C(NC(=O)C(CS)NC(=O)C(CC(C)C)NC(=O)C(N)CCCCN)C(=O)NC(CC(C)C)C(=O)NC(CC(C)C)C(=O)NC(Cc1cnc[nH]1)C(=O)O. The number of unbranched alkanes of at least 4 members (excludes halogenated alkanes) is 1. The number of aromatic amines is 1. The third-order valence-corrected chi connectivity index (χ3v) is 9.89. The third kappa shape index (κ3) is 19.0. The quantitative estimate of drug-likeness (QED) is 0.0409. The number of aliphatic carboxylic acids is 1. The van der Waals surface area contributed by atoms with Crippen LogP contribution in [0.25, 0.3) is 0 Å². The largest absolute Gasteiger partial charge is 0.480 e. The van der Waals surface area contributed by atoms with Crippen LogP contribution in [0.1, 0.15) is 106 Å². The lowest BCUT2D eigenvalue weighted by Gasteiger charge is -2.30. The number of carboxylic acids is 1. The van der Waals surface area contributed by atoms with Crippen LogP contribution in [-0.4, -0.2) is 111 Å². The highest BCUT2D eigenvalue weighted by Crippen LogP contribution is 2.14. The number of hydrogen-bond donors (Lipinski definition) is 11. The molecule has 0 aromatic carbocycles. The molecule has 0 aliphatic rings. The average Bonchev–Trinajstić information content (AvgIpc) is 3.66. The van der Waals surface area contributed by atoms with E-state index in [1.807, 2.05) is 48.5 Å². The standard InChI is InChI=1S/C39H70N10O8S/c1-9-24(8)32(49-37(54)31(19-58)48-36(53)27(14-21(2)3)44-33(50)26(41)12-10-11-13-40)38(55)46-29(16-23(6)7)34(51)45-28(15-22(4)5)35(52)47-30(39(56)57)17-25-18-42-20-43-25/h18,20-24,26-32,58H,9-17,19,40-41H2,1-8H3,(H,42,43)(H,44,50)(H,45,51)(H,46,55)(H,47,52)(H,48,53)(H,49,54)(H,56,57). The third-order valence-electron chi connectivity index (χ3n) is 9.53. The molecule has 1 rings (SSSR count). The molecule has 0 bridgehead atoms. The molecule has 18 nitrogen and oxygen atoms in total. The molecule has 58 heavy (non-hydrogen) atoms. The summed E-state index contributed by atoms with van der Waals surface area (Å²) in [4.78, 5) is 100. The first kappa shape index (κ1) is 51.8. The summed E-state index contributed by atoms with van der Waals surface area (Å²) < 4.78 is 0. The maximum absolute atomic E-state index is 14.0. The molecule has 1 aromatic heterocycles. The smallest absolute Gasteiger partial charge is 0.326 e. The Hall–Kier alpha value is -4.23. The first-order valence-electron chi connectivity index (χ1n) is 20.3. The summed E-state index contributed by atoms with van der Waals surface area (Å²) >= 11 is 4.30. The number of carbonyl (C=O) groups is 7. The van der Waals surface area contributed by atoms with E-state index in [1.165, 1.54) is 12.5 Å². The van der Waals surface area contributed by atoms with E-state index in [2.05, 4.69) is 54.5 Å². The average molecular weight is 839 g/mol. The van der Waals surface area contributed by atoms with E-state index in [9.17, 15) is 38.7 Å². The molecule has 0 fully saturated rings. The monoisotopic (exact) mass is 839 g/mol. The maximum Gasteiger partial charge on any atom is 0.326 e. The van der Waals surface area contributed by atoms with Gasteiger partial charge in [0.25, 0.3) is 0 Å². The molecule has 330 valence electrons. The Morgan fingerprint density at radius 2 is 1.14 bits per heavy atom. The summed E-state index contributed by atoms with van der Waals surface area (Å²) in [6.45, 7) is 15.2. The molecule has 1 aromatic rings.